The van der Waals surface area contributed by atoms with E-state index in [2.05, 4.69) is 10.1 Å². The SMILES string of the molecule is CC(C(O)c1ccccc1)N(C)Cc1nc(-c2ccc([N+](=O)[O-])o2)no1. The molecule has 0 amide bonds. The van der Waals surface area contributed by atoms with Gasteiger partial charge >= 0.3 is 5.88 Å². The molecule has 2 atom stereocenters. The van der Waals surface area contributed by atoms with E-state index in [1.165, 1.54) is 12.1 Å². The quantitative estimate of drug-likeness (QED) is 0.506. The van der Waals surface area contributed by atoms with Crippen LogP contribution >= 0.6 is 0 Å². The van der Waals surface area contributed by atoms with Crippen molar-refractivity contribution in [2.24, 2.45) is 0 Å². The lowest BCUT2D eigenvalue weighted by Gasteiger charge is -2.27. The first-order chi connectivity index (χ1) is 12.5. The van der Waals surface area contributed by atoms with Crippen LogP contribution in [0.25, 0.3) is 11.6 Å². The van der Waals surface area contributed by atoms with Crippen molar-refractivity contribution < 1.29 is 19.0 Å². The van der Waals surface area contributed by atoms with Gasteiger partial charge in [0, 0.05) is 6.04 Å². The number of benzene rings is 1. The molecule has 0 aliphatic carbocycles. The second kappa shape index (κ2) is 7.46. The fourth-order valence-corrected chi connectivity index (χ4v) is 2.49. The van der Waals surface area contributed by atoms with Gasteiger partial charge in [-0.05, 0) is 25.6 Å². The summed E-state index contributed by atoms with van der Waals surface area (Å²) in [5.74, 6) is 0.223. The predicted octanol–water partition coefficient (Wildman–Crippen LogP) is 2.79. The average molecular weight is 358 g/mol. The largest absolute Gasteiger partial charge is 0.433 e. The highest BCUT2D eigenvalue weighted by atomic mass is 16.6. The maximum absolute atomic E-state index is 10.7. The summed E-state index contributed by atoms with van der Waals surface area (Å²) in [7, 11) is 1.83. The molecule has 0 bridgehead atoms. The van der Waals surface area contributed by atoms with Crippen LogP contribution < -0.4 is 0 Å². The van der Waals surface area contributed by atoms with Gasteiger partial charge in [-0.15, -0.1) is 0 Å². The summed E-state index contributed by atoms with van der Waals surface area (Å²) < 4.78 is 10.2. The van der Waals surface area contributed by atoms with Gasteiger partial charge < -0.3 is 14.0 Å². The van der Waals surface area contributed by atoms with Gasteiger partial charge in [-0.3, -0.25) is 15.0 Å². The second-order valence-electron chi connectivity index (χ2n) is 5.92. The van der Waals surface area contributed by atoms with E-state index in [0.29, 0.717) is 12.4 Å². The fourth-order valence-electron chi connectivity index (χ4n) is 2.49. The van der Waals surface area contributed by atoms with Crippen molar-refractivity contribution in [3.05, 3.63) is 64.0 Å². The lowest BCUT2D eigenvalue weighted by atomic mass is 10.0. The van der Waals surface area contributed by atoms with E-state index in [-0.39, 0.29) is 23.5 Å². The van der Waals surface area contributed by atoms with Crippen LogP contribution in [-0.2, 0) is 6.54 Å². The molecule has 2 unspecified atom stereocenters. The highest BCUT2D eigenvalue weighted by molar-refractivity contribution is 5.47. The molecular formula is C17H18N4O5. The van der Waals surface area contributed by atoms with E-state index >= 15 is 0 Å². The van der Waals surface area contributed by atoms with Crippen LogP contribution in [0.4, 0.5) is 5.88 Å². The van der Waals surface area contributed by atoms with Crippen molar-refractivity contribution in [2.75, 3.05) is 7.05 Å². The van der Waals surface area contributed by atoms with Crippen molar-refractivity contribution in [3.8, 4) is 11.6 Å². The van der Waals surface area contributed by atoms with Crippen LogP contribution in [-0.4, -0.2) is 38.2 Å². The van der Waals surface area contributed by atoms with Crippen LogP contribution in [0.3, 0.4) is 0 Å². The number of rotatable bonds is 7. The maximum atomic E-state index is 10.7. The van der Waals surface area contributed by atoms with E-state index in [9.17, 15) is 15.2 Å². The Morgan fingerprint density at radius 2 is 2.00 bits per heavy atom. The van der Waals surface area contributed by atoms with Gasteiger partial charge in [0.1, 0.15) is 4.92 Å². The molecule has 26 heavy (non-hydrogen) atoms. The van der Waals surface area contributed by atoms with Crippen molar-refractivity contribution in [3.63, 3.8) is 0 Å². The number of nitro groups is 1. The monoisotopic (exact) mass is 358 g/mol. The first-order valence-corrected chi connectivity index (χ1v) is 7.96. The molecule has 0 fully saturated rings. The molecule has 3 rings (SSSR count). The zero-order valence-corrected chi connectivity index (χ0v) is 14.3. The Kier molecular flexibility index (Phi) is 5.10. The van der Waals surface area contributed by atoms with Crippen molar-refractivity contribution in [1.82, 2.24) is 15.0 Å². The number of aromatic nitrogens is 2. The van der Waals surface area contributed by atoms with Gasteiger partial charge in [0.2, 0.25) is 11.7 Å². The van der Waals surface area contributed by atoms with E-state index < -0.39 is 11.0 Å². The smallest absolute Gasteiger partial charge is 0.397 e. The third kappa shape index (κ3) is 3.79. The number of hydrogen-bond donors (Lipinski definition) is 1. The number of aliphatic hydroxyl groups is 1. The molecule has 3 aromatic rings. The minimum atomic E-state index is -0.670. The van der Waals surface area contributed by atoms with Crippen LogP contribution in [0, 0.1) is 10.1 Å². The van der Waals surface area contributed by atoms with Crippen molar-refractivity contribution in [2.45, 2.75) is 25.6 Å². The molecule has 0 radical (unpaired) electrons. The van der Waals surface area contributed by atoms with Gasteiger partial charge in [-0.25, -0.2) is 0 Å². The third-order valence-electron chi connectivity index (χ3n) is 4.14. The number of furan rings is 1. The van der Waals surface area contributed by atoms with Crippen molar-refractivity contribution >= 4 is 5.88 Å². The topological polar surface area (TPSA) is 119 Å². The summed E-state index contributed by atoms with van der Waals surface area (Å²) >= 11 is 0. The Hall–Kier alpha value is -3.04. The third-order valence-corrected chi connectivity index (χ3v) is 4.14. The van der Waals surface area contributed by atoms with Gasteiger partial charge in [0.25, 0.3) is 0 Å². The van der Waals surface area contributed by atoms with E-state index in [4.69, 9.17) is 8.94 Å². The molecule has 0 aliphatic heterocycles. The molecule has 9 heteroatoms. The average Bonchev–Trinajstić information content (AvgIpc) is 3.30. The summed E-state index contributed by atoms with van der Waals surface area (Å²) in [6.07, 6.45) is -0.670. The zero-order valence-electron chi connectivity index (χ0n) is 14.3. The molecule has 1 aromatic carbocycles. The minimum Gasteiger partial charge on any atom is -0.397 e. The van der Waals surface area contributed by atoms with Crippen LogP contribution in [0.15, 0.2) is 51.4 Å². The first-order valence-electron chi connectivity index (χ1n) is 7.96. The Labute approximate surface area is 149 Å². The Balaban J connectivity index is 1.67. The number of hydrogen-bond acceptors (Lipinski definition) is 8. The standard InChI is InChI=1S/C17H18N4O5/c1-11(16(22)12-6-4-3-5-7-12)20(2)10-14-18-17(19-26-14)13-8-9-15(25-13)21(23)24/h3-9,11,16,22H,10H2,1-2H3. The molecule has 0 aliphatic rings. The van der Waals surface area contributed by atoms with Crippen molar-refractivity contribution in [1.29, 1.82) is 0 Å². The van der Waals surface area contributed by atoms with Gasteiger partial charge in [-0.2, -0.15) is 4.98 Å². The maximum Gasteiger partial charge on any atom is 0.433 e. The molecule has 136 valence electrons. The van der Waals surface area contributed by atoms with Crippen LogP contribution in [0.1, 0.15) is 24.5 Å². The highest BCUT2D eigenvalue weighted by Crippen LogP contribution is 2.25. The lowest BCUT2D eigenvalue weighted by molar-refractivity contribution is -0.401. The Bertz CT molecular complexity index is 876. The summed E-state index contributed by atoms with van der Waals surface area (Å²) in [4.78, 5) is 16.1. The molecule has 9 nitrogen and oxygen atoms in total. The first kappa shape index (κ1) is 17.8. The van der Waals surface area contributed by atoms with Crippen LogP contribution in [0.2, 0.25) is 0 Å². The molecular weight excluding hydrogens is 340 g/mol. The van der Waals surface area contributed by atoms with Gasteiger partial charge in [0.15, 0.2) is 5.76 Å². The molecule has 0 spiro atoms. The summed E-state index contributed by atoms with van der Waals surface area (Å²) in [5.41, 5.74) is 0.820. The lowest BCUT2D eigenvalue weighted by Crippen LogP contribution is -2.34. The van der Waals surface area contributed by atoms with E-state index in [1.807, 2.05) is 49.2 Å². The highest BCUT2D eigenvalue weighted by Gasteiger charge is 2.23. The van der Waals surface area contributed by atoms with Crippen LogP contribution in [0.5, 0.6) is 0 Å². The molecule has 1 N–H and O–H groups in total. The Morgan fingerprint density at radius 1 is 1.27 bits per heavy atom. The fraction of sp³-hybridized carbons (Fsp3) is 0.294. The van der Waals surface area contributed by atoms with Gasteiger partial charge in [0.05, 0.1) is 18.7 Å². The normalized spacial score (nSPS) is 13.7. The molecule has 0 saturated heterocycles. The van der Waals surface area contributed by atoms with Gasteiger partial charge in [-0.1, -0.05) is 35.5 Å². The minimum absolute atomic E-state index is 0.137. The number of likely N-dealkylation sites (N-methyl/N-ethyl adjacent to an activating group) is 1. The number of aliphatic hydroxyl groups excluding tert-OH is 1. The second-order valence-corrected chi connectivity index (χ2v) is 5.92. The zero-order chi connectivity index (χ0) is 18.7. The van der Waals surface area contributed by atoms with E-state index in [0.717, 1.165) is 5.56 Å². The molecule has 2 heterocycles. The molecule has 0 saturated carbocycles. The predicted molar refractivity (Wildman–Crippen MR) is 91.0 cm³/mol. The Morgan fingerprint density at radius 3 is 2.65 bits per heavy atom. The van der Waals surface area contributed by atoms with E-state index in [1.54, 1.807) is 0 Å². The summed E-state index contributed by atoms with van der Waals surface area (Å²) in [5, 5.41) is 24.9. The number of nitrogens with zero attached hydrogens (tertiary/aromatic N) is 4. The summed E-state index contributed by atoms with van der Waals surface area (Å²) in [6.45, 7) is 2.20. The summed E-state index contributed by atoms with van der Waals surface area (Å²) in [6, 6.07) is 11.8. The molecule has 2 aromatic heterocycles.